The first-order chi connectivity index (χ1) is 13.3. The standard InChI is InChI=1S/C27H43I/c1-18(2)7-6-8-19(3)23-11-12-24-22-10-9-20-17-21(28)13-15-26(20,4)25(22)14-16-27(23,24)5/h8-9,18,21-25H,6-7,10-17H2,1-5H3/b19-8+. The highest BCUT2D eigenvalue weighted by atomic mass is 127. The van der Waals surface area contributed by atoms with Gasteiger partial charge in [-0.05, 0) is 112 Å². The Kier molecular flexibility index (Phi) is 6.16. The van der Waals surface area contributed by atoms with E-state index in [9.17, 15) is 0 Å². The van der Waals surface area contributed by atoms with E-state index in [-0.39, 0.29) is 0 Å². The lowest BCUT2D eigenvalue weighted by Gasteiger charge is -2.58. The van der Waals surface area contributed by atoms with Crippen molar-refractivity contribution in [3.63, 3.8) is 0 Å². The van der Waals surface area contributed by atoms with Crippen molar-refractivity contribution >= 4 is 22.6 Å². The number of allylic oxidation sites excluding steroid dienone is 4. The zero-order chi connectivity index (χ0) is 20.1. The molecule has 0 aromatic rings. The first kappa shape index (κ1) is 21.4. The number of fused-ring (bicyclic) bond motifs is 5. The summed E-state index contributed by atoms with van der Waals surface area (Å²) in [6.07, 6.45) is 19.6. The van der Waals surface area contributed by atoms with Crippen LogP contribution in [0.3, 0.4) is 0 Å². The Morgan fingerprint density at radius 3 is 2.68 bits per heavy atom. The quantitative estimate of drug-likeness (QED) is 0.208. The first-order valence-corrected chi connectivity index (χ1v) is 13.5. The van der Waals surface area contributed by atoms with Gasteiger partial charge in [0.2, 0.25) is 0 Å². The largest absolute Gasteiger partial charge is 0.0853 e. The summed E-state index contributed by atoms with van der Waals surface area (Å²) in [5.41, 5.74) is 4.68. The minimum Gasteiger partial charge on any atom is -0.0853 e. The summed E-state index contributed by atoms with van der Waals surface area (Å²) in [5, 5.41) is 0. The summed E-state index contributed by atoms with van der Waals surface area (Å²) in [5.74, 6) is 4.59. The van der Waals surface area contributed by atoms with E-state index in [1.807, 2.05) is 5.57 Å². The third-order valence-electron chi connectivity index (χ3n) is 9.80. The normalized spacial score (nSPS) is 46.0. The maximum Gasteiger partial charge on any atom is 0.0147 e. The molecule has 0 radical (unpaired) electrons. The van der Waals surface area contributed by atoms with Gasteiger partial charge < -0.3 is 0 Å². The summed E-state index contributed by atoms with van der Waals surface area (Å²) < 4.78 is 0.886. The highest BCUT2D eigenvalue weighted by Gasteiger charge is 2.58. The molecule has 0 aliphatic heterocycles. The topological polar surface area (TPSA) is 0 Å². The Bertz CT molecular complexity index is 643. The van der Waals surface area contributed by atoms with Gasteiger partial charge in [-0.1, -0.05) is 73.6 Å². The number of hydrogen-bond donors (Lipinski definition) is 0. The van der Waals surface area contributed by atoms with E-state index in [1.54, 1.807) is 5.57 Å². The van der Waals surface area contributed by atoms with Gasteiger partial charge in [0.15, 0.2) is 0 Å². The van der Waals surface area contributed by atoms with Gasteiger partial charge in [0.05, 0.1) is 0 Å². The SMILES string of the molecule is C/C(=C\CCC(C)C)C1CCC2C3CC=C4CC(I)CCC4(C)C3CCC12C. The van der Waals surface area contributed by atoms with Crippen molar-refractivity contribution in [2.24, 2.45) is 40.4 Å². The van der Waals surface area contributed by atoms with Gasteiger partial charge in [0, 0.05) is 3.92 Å². The molecule has 0 saturated heterocycles. The molecule has 28 heavy (non-hydrogen) atoms. The average molecular weight is 495 g/mol. The maximum absolute atomic E-state index is 2.73. The van der Waals surface area contributed by atoms with E-state index in [1.165, 1.54) is 64.2 Å². The van der Waals surface area contributed by atoms with Gasteiger partial charge in [-0.3, -0.25) is 0 Å². The van der Waals surface area contributed by atoms with Crippen molar-refractivity contribution in [3.8, 4) is 0 Å². The molecule has 7 unspecified atom stereocenters. The fraction of sp³-hybridized carbons (Fsp3) is 0.852. The minimum atomic E-state index is 0.534. The second kappa shape index (κ2) is 8.04. The van der Waals surface area contributed by atoms with Crippen LogP contribution < -0.4 is 0 Å². The second-order valence-corrected chi connectivity index (χ2v) is 13.5. The Morgan fingerprint density at radius 1 is 1.14 bits per heavy atom. The third kappa shape index (κ3) is 3.58. The van der Waals surface area contributed by atoms with Crippen molar-refractivity contribution in [2.45, 2.75) is 103 Å². The molecule has 0 nitrogen and oxygen atoms in total. The molecule has 4 aliphatic rings. The van der Waals surface area contributed by atoms with Crippen LogP contribution in [0.4, 0.5) is 0 Å². The second-order valence-electron chi connectivity index (χ2n) is 11.7. The van der Waals surface area contributed by atoms with Gasteiger partial charge in [0.1, 0.15) is 0 Å². The highest BCUT2D eigenvalue weighted by molar-refractivity contribution is 14.1. The molecule has 3 fully saturated rings. The van der Waals surface area contributed by atoms with Crippen LogP contribution in [0.25, 0.3) is 0 Å². The van der Waals surface area contributed by atoms with Crippen molar-refractivity contribution in [1.82, 2.24) is 0 Å². The van der Waals surface area contributed by atoms with Crippen molar-refractivity contribution < 1.29 is 0 Å². The van der Waals surface area contributed by atoms with E-state index >= 15 is 0 Å². The van der Waals surface area contributed by atoms with Gasteiger partial charge in [-0.15, -0.1) is 0 Å². The Labute approximate surface area is 188 Å². The maximum atomic E-state index is 2.73. The molecule has 0 aromatic heterocycles. The van der Waals surface area contributed by atoms with Crippen molar-refractivity contribution in [2.75, 3.05) is 0 Å². The molecule has 0 bridgehead atoms. The fourth-order valence-corrected chi connectivity index (χ4v) is 8.94. The van der Waals surface area contributed by atoms with Crippen molar-refractivity contribution in [1.29, 1.82) is 0 Å². The zero-order valence-electron chi connectivity index (χ0n) is 19.1. The lowest BCUT2D eigenvalue weighted by Crippen LogP contribution is -2.50. The Balaban J connectivity index is 1.54. The van der Waals surface area contributed by atoms with Crippen molar-refractivity contribution in [3.05, 3.63) is 23.3 Å². The molecule has 4 aliphatic carbocycles. The summed E-state index contributed by atoms with van der Waals surface area (Å²) in [6, 6.07) is 0. The smallest absolute Gasteiger partial charge is 0.0147 e. The van der Waals surface area contributed by atoms with Gasteiger partial charge in [-0.25, -0.2) is 0 Å². The molecule has 158 valence electrons. The zero-order valence-corrected chi connectivity index (χ0v) is 21.2. The van der Waals surface area contributed by atoms with E-state index < -0.39 is 0 Å². The number of rotatable bonds is 4. The van der Waals surface area contributed by atoms with E-state index in [0.717, 1.165) is 33.5 Å². The summed E-state index contributed by atoms with van der Waals surface area (Å²) in [6.45, 7) is 12.5. The predicted molar refractivity (Wildman–Crippen MR) is 131 cm³/mol. The highest BCUT2D eigenvalue weighted by Crippen LogP contribution is 2.67. The molecule has 3 saturated carbocycles. The Hall–Kier alpha value is 0.210. The third-order valence-corrected chi connectivity index (χ3v) is 10.9. The minimum absolute atomic E-state index is 0.534. The summed E-state index contributed by atoms with van der Waals surface area (Å²) >= 11 is 2.70. The fourth-order valence-electron chi connectivity index (χ4n) is 8.15. The summed E-state index contributed by atoms with van der Waals surface area (Å²) in [7, 11) is 0. The lowest BCUT2D eigenvalue weighted by atomic mass is 9.47. The predicted octanol–water partition coefficient (Wildman–Crippen LogP) is 8.75. The molecule has 4 rings (SSSR count). The molecule has 0 N–H and O–H groups in total. The van der Waals surface area contributed by atoms with Gasteiger partial charge in [-0.2, -0.15) is 0 Å². The molecule has 0 aromatic carbocycles. The molecule has 1 heteroatoms. The summed E-state index contributed by atoms with van der Waals surface area (Å²) in [4.78, 5) is 0. The number of hydrogen-bond acceptors (Lipinski definition) is 0. The molecule has 0 amide bonds. The van der Waals surface area contributed by atoms with Crippen LogP contribution in [-0.4, -0.2) is 3.92 Å². The van der Waals surface area contributed by atoms with Crippen LogP contribution in [0.5, 0.6) is 0 Å². The van der Waals surface area contributed by atoms with Crippen LogP contribution in [0, 0.1) is 40.4 Å². The molecular formula is C27H43I. The van der Waals surface area contributed by atoms with Crippen LogP contribution in [0.15, 0.2) is 23.3 Å². The molecule has 0 heterocycles. The van der Waals surface area contributed by atoms with E-state index in [4.69, 9.17) is 0 Å². The molecule has 0 spiro atoms. The number of alkyl halides is 1. The van der Waals surface area contributed by atoms with Crippen LogP contribution in [-0.2, 0) is 0 Å². The van der Waals surface area contributed by atoms with Gasteiger partial charge in [0.25, 0.3) is 0 Å². The molecular weight excluding hydrogens is 451 g/mol. The van der Waals surface area contributed by atoms with Crippen LogP contribution in [0.1, 0.15) is 98.8 Å². The van der Waals surface area contributed by atoms with E-state index in [0.29, 0.717) is 10.8 Å². The lowest BCUT2D eigenvalue weighted by molar-refractivity contribution is -0.0354. The number of halogens is 1. The average Bonchev–Trinajstić information content (AvgIpc) is 2.99. The Morgan fingerprint density at radius 2 is 1.93 bits per heavy atom. The van der Waals surface area contributed by atoms with Crippen LogP contribution in [0.2, 0.25) is 0 Å². The van der Waals surface area contributed by atoms with Crippen LogP contribution >= 0.6 is 22.6 Å². The first-order valence-electron chi connectivity index (χ1n) is 12.3. The molecule has 7 atom stereocenters. The van der Waals surface area contributed by atoms with E-state index in [2.05, 4.69) is 69.4 Å². The van der Waals surface area contributed by atoms with Gasteiger partial charge >= 0.3 is 0 Å². The monoisotopic (exact) mass is 494 g/mol.